The Morgan fingerprint density at radius 1 is 1.42 bits per heavy atom. The number of hydrogen-bond donors (Lipinski definition) is 1. The van der Waals surface area contributed by atoms with Crippen LogP contribution < -0.4 is 5.32 Å². The molecule has 19 heavy (non-hydrogen) atoms. The Balaban J connectivity index is 2.16. The van der Waals surface area contributed by atoms with Crippen molar-refractivity contribution in [1.82, 2.24) is 9.78 Å². The number of benzene rings is 1. The van der Waals surface area contributed by atoms with Gasteiger partial charge in [0, 0.05) is 30.4 Å². The molecule has 3 nitrogen and oxygen atoms in total. The van der Waals surface area contributed by atoms with E-state index in [1.165, 1.54) is 12.1 Å². The lowest BCUT2D eigenvalue weighted by molar-refractivity contribution is 0.630. The monoisotopic (exact) mass is 281 g/mol. The fourth-order valence-corrected chi connectivity index (χ4v) is 2.17. The van der Waals surface area contributed by atoms with E-state index in [0.717, 1.165) is 11.3 Å². The van der Waals surface area contributed by atoms with Crippen molar-refractivity contribution in [2.24, 2.45) is 7.05 Å². The van der Waals surface area contributed by atoms with Crippen molar-refractivity contribution < 1.29 is 4.39 Å². The van der Waals surface area contributed by atoms with Gasteiger partial charge in [0.15, 0.2) is 0 Å². The quantitative estimate of drug-likeness (QED) is 0.920. The summed E-state index contributed by atoms with van der Waals surface area (Å²) in [6.45, 7) is 4.70. The molecule has 0 unspecified atom stereocenters. The Kier molecular flexibility index (Phi) is 4.10. The van der Waals surface area contributed by atoms with E-state index in [2.05, 4.69) is 24.3 Å². The molecular formula is C14H17ClFN3. The zero-order valence-corrected chi connectivity index (χ0v) is 12.0. The summed E-state index contributed by atoms with van der Waals surface area (Å²) in [5.74, 6) is 0.0293. The van der Waals surface area contributed by atoms with Crippen LogP contribution in [0.3, 0.4) is 0 Å². The summed E-state index contributed by atoms with van der Waals surface area (Å²) in [6, 6.07) is 4.48. The third kappa shape index (κ3) is 3.26. The van der Waals surface area contributed by atoms with Gasteiger partial charge < -0.3 is 5.32 Å². The van der Waals surface area contributed by atoms with E-state index < -0.39 is 0 Å². The molecule has 2 aromatic rings. The molecule has 0 radical (unpaired) electrons. The highest BCUT2D eigenvalue weighted by Gasteiger charge is 2.12. The second-order valence-corrected chi connectivity index (χ2v) is 5.28. The molecule has 0 aliphatic heterocycles. The van der Waals surface area contributed by atoms with Crippen LogP contribution in [0.15, 0.2) is 24.4 Å². The van der Waals surface area contributed by atoms with Crippen molar-refractivity contribution in [3.63, 3.8) is 0 Å². The molecule has 0 amide bonds. The fraction of sp³-hybridized carbons (Fsp3) is 0.357. The van der Waals surface area contributed by atoms with Crippen LogP contribution in [-0.4, -0.2) is 9.78 Å². The minimum Gasteiger partial charge on any atom is -0.378 e. The van der Waals surface area contributed by atoms with Crippen molar-refractivity contribution in [3.8, 4) is 0 Å². The van der Waals surface area contributed by atoms with Crippen LogP contribution in [0.25, 0.3) is 0 Å². The Labute approximate surface area is 117 Å². The summed E-state index contributed by atoms with van der Waals surface area (Å²) in [7, 11) is 1.88. The zero-order valence-electron chi connectivity index (χ0n) is 11.2. The van der Waals surface area contributed by atoms with Crippen molar-refractivity contribution >= 4 is 17.3 Å². The maximum absolute atomic E-state index is 13.6. The van der Waals surface area contributed by atoms with Gasteiger partial charge in [0.05, 0.1) is 11.4 Å². The molecular weight excluding hydrogens is 265 g/mol. The van der Waals surface area contributed by atoms with Gasteiger partial charge in [0.1, 0.15) is 5.82 Å². The Bertz CT molecular complexity index is 578. The normalized spacial score (nSPS) is 11.1. The van der Waals surface area contributed by atoms with Crippen LogP contribution in [0.2, 0.25) is 5.02 Å². The third-order valence-electron chi connectivity index (χ3n) is 2.88. The molecule has 0 spiro atoms. The molecule has 2 rings (SSSR count). The number of halogens is 2. The molecule has 0 aliphatic rings. The molecule has 1 aromatic carbocycles. The zero-order chi connectivity index (χ0) is 14.0. The second kappa shape index (κ2) is 5.61. The van der Waals surface area contributed by atoms with Crippen LogP contribution in [0.5, 0.6) is 0 Å². The molecule has 5 heteroatoms. The lowest BCUT2D eigenvalue weighted by Crippen LogP contribution is -2.04. The average molecular weight is 282 g/mol. The molecule has 0 fully saturated rings. The number of nitrogens with zero attached hydrogens (tertiary/aromatic N) is 2. The van der Waals surface area contributed by atoms with E-state index in [-0.39, 0.29) is 5.82 Å². The summed E-state index contributed by atoms with van der Waals surface area (Å²) < 4.78 is 15.4. The van der Waals surface area contributed by atoms with E-state index in [9.17, 15) is 4.39 Å². The van der Waals surface area contributed by atoms with Gasteiger partial charge in [0.25, 0.3) is 0 Å². The minimum absolute atomic E-state index is 0.306. The highest BCUT2D eigenvalue weighted by molar-refractivity contribution is 6.30. The van der Waals surface area contributed by atoms with Crippen molar-refractivity contribution in [2.45, 2.75) is 26.3 Å². The van der Waals surface area contributed by atoms with Crippen molar-refractivity contribution in [1.29, 1.82) is 0 Å². The van der Waals surface area contributed by atoms with E-state index in [4.69, 9.17) is 11.6 Å². The topological polar surface area (TPSA) is 29.9 Å². The van der Waals surface area contributed by atoms with Crippen LogP contribution in [-0.2, 0) is 13.6 Å². The molecule has 0 saturated carbocycles. The molecule has 0 bridgehead atoms. The molecule has 1 N–H and O–H groups in total. The molecule has 102 valence electrons. The summed E-state index contributed by atoms with van der Waals surface area (Å²) in [5, 5.41) is 8.00. The van der Waals surface area contributed by atoms with E-state index >= 15 is 0 Å². The Hall–Kier alpha value is -1.55. The van der Waals surface area contributed by atoms with E-state index in [1.54, 1.807) is 10.7 Å². The molecule has 0 atom stereocenters. The third-order valence-corrected chi connectivity index (χ3v) is 3.12. The van der Waals surface area contributed by atoms with Crippen molar-refractivity contribution in [3.05, 3.63) is 46.5 Å². The van der Waals surface area contributed by atoms with Gasteiger partial charge in [-0.2, -0.15) is 5.10 Å². The van der Waals surface area contributed by atoms with E-state index in [0.29, 0.717) is 23.2 Å². The summed E-state index contributed by atoms with van der Waals surface area (Å²) >= 11 is 5.86. The number of nitrogens with one attached hydrogen (secondary N) is 1. The smallest absolute Gasteiger partial charge is 0.146 e. The Morgan fingerprint density at radius 2 is 2.16 bits per heavy atom. The maximum Gasteiger partial charge on any atom is 0.146 e. The van der Waals surface area contributed by atoms with Crippen LogP contribution >= 0.6 is 11.6 Å². The second-order valence-electron chi connectivity index (χ2n) is 4.85. The van der Waals surface area contributed by atoms with Crippen molar-refractivity contribution in [2.75, 3.05) is 5.32 Å². The molecule has 0 saturated heterocycles. The van der Waals surface area contributed by atoms with Gasteiger partial charge in [-0.3, -0.25) is 4.68 Å². The Morgan fingerprint density at radius 3 is 2.84 bits per heavy atom. The van der Waals surface area contributed by atoms with Gasteiger partial charge in [-0.1, -0.05) is 25.4 Å². The minimum atomic E-state index is -0.306. The highest BCUT2D eigenvalue weighted by Crippen LogP contribution is 2.22. The van der Waals surface area contributed by atoms with Gasteiger partial charge in [-0.25, -0.2) is 4.39 Å². The first-order chi connectivity index (χ1) is 8.97. The summed E-state index contributed by atoms with van der Waals surface area (Å²) in [6.07, 6.45) is 1.95. The first-order valence-electron chi connectivity index (χ1n) is 6.18. The maximum atomic E-state index is 13.6. The lowest BCUT2D eigenvalue weighted by Gasteiger charge is -2.09. The lowest BCUT2D eigenvalue weighted by atomic mass is 10.1. The van der Waals surface area contributed by atoms with Gasteiger partial charge in [-0.05, 0) is 24.1 Å². The fourth-order valence-electron chi connectivity index (χ4n) is 2.00. The first-order valence-corrected chi connectivity index (χ1v) is 6.56. The summed E-state index contributed by atoms with van der Waals surface area (Å²) in [5.41, 5.74) is 2.50. The van der Waals surface area contributed by atoms with Gasteiger partial charge >= 0.3 is 0 Å². The van der Waals surface area contributed by atoms with Crippen LogP contribution in [0.1, 0.15) is 31.0 Å². The number of aryl methyl sites for hydroxylation is 1. The predicted octanol–water partition coefficient (Wildman–Crippen LogP) is 3.95. The summed E-state index contributed by atoms with van der Waals surface area (Å²) in [4.78, 5) is 0. The highest BCUT2D eigenvalue weighted by atomic mass is 35.5. The van der Waals surface area contributed by atoms with Crippen LogP contribution in [0, 0.1) is 5.82 Å². The SMILES string of the molecule is CC(C)c1nn(C)cc1CNc1cc(Cl)ccc1F. The van der Waals surface area contributed by atoms with Gasteiger partial charge in [-0.15, -0.1) is 0 Å². The molecule has 0 aliphatic carbocycles. The number of rotatable bonds is 4. The molecule has 1 aromatic heterocycles. The number of aromatic nitrogens is 2. The number of anilines is 1. The largest absolute Gasteiger partial charge is 0.378 e. The van der Waals surface area contributed by atoms with Crippen LogP contribution in [0.4, 0.5) is 10.1 Å². The molecule has 1 heterocycles. The average Bonchev–Trinajstić information content (AvgIpc) is 2.72. The van der Waals surface area contributed by atoms with Gasteiger partial charge in [0.2, 0.25) is 0 Å². The number of hydrogen-bond acceptors (Lipinski definition) is 2. The predicted molar refractivity (Wildman–Crippen MR) is 76.0 cm³/mol. The first kappa shape index (κ1) is 13.9. The standard InChI is InChI=1S/C14H17ClFN3/c1-9(2)14-10(8-19(3)18-14)7-17-13-6-11(15)4-5-12(13)16/h4-6,8-9,17H,7H2,1-3H3. The van der Waals surface area contributed by atoms with E-state index in [1.807, 2.05) is 13.2 Å².